The number of ether oxygens (including phenoxy) is 1. The number of thiazole rings is 2. The highest BCUT2D eigenvalue weighted by atomic mass is 32.1. The van der Waals surface area contributed by atoms with Gasteiger partial charge < -0.3 is 20.1 Å². The van der Waals surface area contributed by atoms with Crippen molar-refractivity contribution >= 4 is 60.8 Å². The number of para-hydroxylation sites is 1. The summed E-state index contributed by atoms with van der Waals surface area (Å²) in [5, 5.41) is 28.9. The molecule has 250 valence electrons. The summed E-state index contributed by atoms with van der Waals surface area (Å²) in [5.74, 6) is 2.73. The van der Waals surface area contributed by atoms with Crippen molar-refractivity contribution in [1.82, 2.24) is 29.9 Å². The Bertz CT molecular complexity index is 1910. The van der Waals surface area contributed by atoms with Crippen LogP contribution in [0.2, 0.25) is 0 Å². The number of benzene rings is 1. The predicted molar refractivity (Wildman–Crippen MR) is 189 cm³/mol. The van der Waals surface area contributed by atoms with Gasteiger partial charge in [0.05, 0.1) is 21.3 Å². The summed E-state index contributed by atoms with van der Waals surface area (Å²) in [7, 11) is 1.67. The molecular weight excluding hydrogens is 645 g/mol. The van der Waals surface area contributed by atoms with Crippen LogP contribution < -0.4 is 10.2 Å². The standard InChI is InChI=1S/C35H40N8O3S2/c1-20-11-28(40-41-31(20)39-33-37-26-7-4-5-8-27(26)47-33)42(9-6-10-46-3)34-38-29(32(44)45)30(48-34)25-18-36-43(21(25)2)19-35-15-22-12-23(16-35)14-24(13-22)17-35/h4-5,7-8,11,18,22-24H,6,9-10,12-17,19H2,1-3H3,(H,44,45)(H,37,39,41). The number of carboxylic acid groups (broad SMARTS) is 1. The zero-order valence-corrected chi connectivity index (χ0v) is 29.1. The van der Waals surface area contributed by atoms with Gasteiger partial charge in [0, 0.05) is 38.1 Å². The number of nitrogens with one attached hydrogen (secondary N) is 1. The Morgan fingerprint density at radius 1 is 1.08 bits per heavy atom. The van der Waals surface area contributed by atoms with Gasteiger partial charge in [-0.3, -0.25) is 4.68 Å². The van der Waals surface area contributed by atoms with Crippen molar-refractivity contribution in [3.8, 4) is 10.4 Å². The summed E-state index contributed by atoms with van der Waals surface area (Å²) in [6, 6.07) is 9.95. The average Bonchev–Trinajstić information content (AvgIpc) is 3.76. The van der Waals surface area contributed by atoms with Crippen LogP contribution >= 0.6 is 22.7 Å². The molecule has 0 aliphatic heterocycles. The molecule has 0 amide bonds. The van der Waals surface area contributed by atoms with Crippen molar-refractivity contribution in [1.29, 1.82) is 0 Å². The van der Waals surface area contributed by atoms with Crippen molar-refractivity contribution in [2.75, 3.05) is 30.5 Å². The van der Waals surface area contributed by atoms with Gasteiger partial charge >= 0.3 is 5.97 Å². The first-order valence-corrected chi connectivity index (χ1v) is 18.4. The summed E-state index contributed by atoms with van der Waals surface area (Å²) < 4.78 is 8.58. The molecule has 11 nitrogen and oxygen atoms in total. The first-order valence-electron chi connectivity index (χ1n) is 16.8. The summed E-state index contributed by atoms with van der Waals surface area (Å²) in [5.41, 5.74) is 3.99. The molecule has 2 N–H and O–H groups in total. The Balaban J connectivity index is 1.09. The molecule has 4 bridgehead atoms. The lowest BCUT2D eigenvalue weighted by Crippen LogP contribution is -2.48. The minimum Gasteiger partial charge on any atom is -0.476 e. The maximum absolute atomic E-state index is 12.6. The third kappa shape index (κ3) is 5.85. The number of aromatic nitrogens is 6. The number of carbonyl (C=O) groups is 1. The van der Waals surface area contributed by atoms with E-state index in [1.165, 1.54) is 49.9 Å². The van der Waals surface area contributed by atoms with Crippen molar-refractivity contribution in [3.05, 3.63) is 53.5 Å². The lowest BCUT2D eigenvalue weighted by atomic mass is 9.49. The van der Waals surface area contributed by atoms with E-state index < -0.39 is 5.97 Å². The van der Waals surface area contributed by atoms with E-state index in [1.54, 1.807) is 18.4 Å². The van der Waals surface area contributed by atoms with Crippen LogP contribution in [0.5, 0.6) is 0 Å². The highest BCUT2D eigenvalue weighted by Gasteiger charge is 2.51. The normalized spacial score (nSPS) is 22.9. The van der Waals surface area contributed by atoms with E-state index in [2.05, 4.69) is 32.1 Å². The summed E-state index contributed by atoms with van der Waals surface area (Å²) in [6.45, 7) is 6.02. The Labute approximate surface area is 287 Å². The molecule has 0 saturated heterocycles. The summed E-state index contributed by atoms with van der Waals surface area (Å²) >= 11 is 2.92. The molecule has 0 unspecified atom stereocenters. The first kappa shape index (κ1) is 31.3. The van der Waals surface area contributed by atoms with Gasteiger partial charge in [0.2, 0.25) is 0 Å². The van der Waals surface area contributed by atoms with Crippen molar-refractivity contribution in [2.24, 2.45) is 23.2 Å². The molecule has 0 spiro atoms. The lowest BCUT2D eigenvalue weighted by molar-refractivity contribution is -0.0638. The minimum atomic E-state index is -1.06. The van der Waals surface area contributed by atoms with Gasteiger partial charge in [-0.05, 0) is 106 Å². The van der Waals surface area contributed by atoms with Crippen LogP contribution in [0.1, 0.15) is 66.7 Å². The highest BCUT2D eigenvalue weighted by molar-refractivity contribution is 7.22. The van der Waals surface area contributed by atoms with E-state index in [9.17, 15) is 9.90 Å². The number of hydrogen-bond donors (Lipinski definition) is 2. The van der Waals surface area contributed by atoms with Gasteiger partial charge in [0.25, 0.3) is 0 Å². The lowest BCUT2D eigenvalue weighted by Gasteiger charge is -2.56. The molecule has 48 heavy (non-hydrogen) atoms. The van der Waals surface area contributed by atoms with Gasteiger partial charge in [-0.2, -0.15) is 5.10 Å². The molecule has 4 heterocycles. The van der Waals surface area contributed by atoms with E-state index >= 15 is 0 Å². The fourth-order valence-electron chi connectivity index (χ4n) is 8.81. The Morgan fingerprint density at radius 2 is 1.83 bits per heavy atom. The quantitative estimate of drug-likeness (QED) is 0.125. The second-order valence-corrected chi connectivity index (χ2v) is 16.1. The zero-order valence-electron chi connectivity index (χ0n) is 27.5. The number of nitrogens with zero attached hydrogens (tertiary/aromatic N) is 7. The second kappa shape index (κ2) is 12.5. The number of rotatable bonds is 12. The molecule has 4 aliphatic rings. The van der Waals surface area contributed by atoms with E-state index in [0.29, 0.717) is 46.6 Å². The number of anilines is 4. The Kier molecular flexibility index (Phi) is 8.16. The number of aryl methyl sites for hydroxylation is 1. The van der Waals surface area contributed by atoms with Gasteiger partial charge in [-0.15, -0.1) is 10.2 Å². The molecule has 1 aromatic carbocycles. The SMILES string of the molecule is COCCCN(c1cc(C)c(Nc2nc3ccccc3s2)nn1)c1nc(C(=O)O)c(-c2cnn(CC34CC5CC(CC(C5)C3)C4)c2C)s1. The number of methoxy groups -OCH3 is 1. The third-order valence-corrected chi connectivity index (χ3v) is 12.6. The maximum atomic E-state index is 12.6. The summed E-state index contributed by atoms with van der Waals surface area (Å²) in [4.78, 5) is 24.5. The number of carboxylic acids is 1. The second-order valence-electron chi connectivity index (χ2n) is 14.0. The molecule has 4 fully saturated rings. The van der Waals surface area contributed by atoms with Crippen LogP contribution in [-0.2, 0) is 11.3 Å². The number of aromatic carboxylic acids is 1. The fraction of sp³-hybridized carbons (Fsp3) is 0.486. The van der Waals surface area contributed by atoms with Crippen LogP contribution in [0.3, 0.4) is 0 Å². The minimum absolute atomic E-state index is 0.0306. The third-order valence-electron chi connectivity index (χ3n) is 10.5. The molecule has 9 rings (SSSR count). The van der Waals surface area contributed by atoms with Crippen LogP contribution in [0, 0.1) is 37.0 Å². The number of fused-ring (bicyclic) bond motifs is 1. The Hall–Kier alpha value is -3.94. The zero-order chi connectivity index (χ0) is 33.0. The van der Waals surface area contributed by atoms with Crippen LogP contribution in [0.15, 0.2) is 36.5 Å². The molecule has 4 saturated carbocycles. The van der Waals surface area contributed by atoms with Crippen LogP contribution in [-0.4, -0.2) is 61.3 Å². The van der Waals surface area contributed by atoms with Crippen molar-refractivity contribution in [2.45, 2.75) is 65.3 Å². The largest absolute Gasteiger partial charge is 0.476 e. The first-order chi connectivity index (χ1) is 23.3. The van der Waals surface area contributed by atoms with Crippen molar-refractivity contribution in [3.63, 3.8) is 0 Å². The maximum Gasteiger partial charge on any atom is 0.356 e. The molecular formula is C35H40N8O3S2. The molecule has 0 atom stereocenters. The summed E-state index contributed by atoms with van der Waals surface area (Å²) in [6.07, 6.45) is 10.6. The Morgan fingerprint density at radius 3 is 2.52 bits per heavy atom. The molecule has 4 aromatic heterocycles. The van der Waals surface area contributed by atoms with E-state index in [1.807, 2.05) is 48.4 Å². The van der Waals surface area contributed by atoms with Gasteiger partial charge in [0.1, 0.15) is 0 Å². The average molecular weight is 685 g/mol. The van der Waals surface area contributed by atoms with E-state index in [-0.39, 0.29) is 5.69 Å². The van der Waals surface area contributed by atoms with Gasteiger partial charge in [-0.25, -0.2) is 14.8 Å². The van der Waals surface area contributed by atoms with Crippen molar-refractivity contribution < 1.29 is 14.6 Å². The smallest absolute Gasteiger partial charge is 0.356 e. The molecule has 4 aliphatic carbocycles. The highest BCUT2D eigenvalue weighted by Crippen LogP contribution is 2.60. The monoisotopic (exact) mass is 684 g/mol. The fourth-order valence-corrected chi connectivity index (χ4v) is 10.8. The van der Waals surface area contributed by atoms with Crippen LogP contribution in [0.25, 0.3) is 20.7 Å². The predicted octanol–water partition coefficient (Wildman–Crippen LogP) is 7.86. The van der Waals surface area contributed by atoms with Gasteiger partial charge in [0.15, 0.2) is 27.6 Å². The van der Waals surface area contributed by atoms with Gasteiger partial charge in [-0.1, -0.05) is 34.8 Å². The molecule has 5 aromatic rings. The van der Waals surface area contributed by atoms with E-state index in [0.717, 1.165) is 56.5 Å². The molecule has 0 radical (unpaired) electrons. The van der Waals surface area contributed by atoms with E-state index in [4.69, 9.17) is 14.8 Å². The van der Waals surface area contributed by atoms with Crippen LogP contribution in [0.4, 0.5) is 21.9 Å². The number of hydrogen-bond acceptors (Lipinski definition) is 11. The molecule has 13 heteroatoms. The topological polar surface area (TPSA) is 131 Å².